The molecule has 2 aromatic carbocycles. The van der Waals surface area contributed by atoms with E-state index in [0.717, 1.165) is 23.2 Å². The van der Waals surface area contributed by atoms with Gasteiger partial charge in [-0.1, -0.05) is 24.3 Å². The summed E-state index contributed by atoms with van der Waals surface area (Å²) >= 11 is 0. The lowest BCUT2D eigenvalue weighted by molar-refractivity contribution is 0.0987. The van der Waals surface area contributed by atoms with Crippen molar-refractivity contribution in [2.24, 2.45) is 0 Å². The molecule has 3 rings (SSSR count). The predicted octanol–water partition coefficient (Wildman–Crippen LogP) is 4.25. The number of hydrogen-bond acceptors (Lipinski definition) is 4. The molecule has 1 heterocycles. The number of amides is 1. The van der Waals surface area contributed by atoms with Crippen molar-refractivity contribution < 1.29 is 9.18 Å². The third-order valence-electron chi connectivity index (χ3n) is 4.38. The van der Waals surface area contributed by atoms with Gasteiger partial charge in [-0.25, -0.2) is 14.4 Å². The summed E-state index contributed by atoms with van der Waals surface area (Å²) in [6, 6.07) is 14.2. The average molecular weight is 378 g/mol. The van der Waals surface area contributed by atoms with Crippen LogP contribution in [0.15, 0.2) is 60.9 Å². The molecule has 28 heavy (non-hydrogen) atoms. The van der Waals surface area contributed by atoms with Crippen molar-refractivity contribution in [2.75, 3.05) is 23.3 Å². The lowest BCUT2D eigenvalue weighted by Crippen LogP contribution is -2.30. The number of nitrogens with one attached hydrogen (secondary N) is 1. The van der Waals surface area contributed by atoms with E-state index in [-0.39, 0.29) is 11.7 Å². The highest BCUT2D eigenvalue weighted by Crippen LogP contribution is 2.18. The quantitative estimate of drug-likeness (QED) is 0.668. The molecule has 1 aromatic heterocycles. The number of aryl methyl sites for hydroxylation is 1. The molecule has 0 aliphatic carbocycles. The number of nitrogens with zero attached hydrogens (tertiary/aromatic N) is 3. The maximum Gasteiger partial charge on any atom is 0.261 e. The summed E-state index contributed by atoms with van der Waals surface area (Å²) in [5.74, 6) is 0.0790. The molecule has 0 aliphatic heterocycles. The van der Waals surface area contributed by atoms with Gasteiger partial charge in [-0.2, -0.15) is 0 Å². The highest BCUT2D eigenvalue weighted by atomic mass is 19.1. The summed E-state index contributed by atoms with van der Waals surface area (Å²) in [5.41, 5.74) is 3.42. The van der Waals surface area contributed by atoms with Gasteiger partial charge < -0.3 is 10.2 Å². The van der Waals surface area contributed by atoms with Gasteiger partial charge in [-0.05, 0) is 55.7 Å². The molecule has 6 heteroatoms. The van der Waals surface area contributed by atoms with E-state index in [4.69, 9.17) is 0 Å². The van der Waals surface area contributed by atoms with E-state index in [9.17, 15) is 9.18 Å². The van der Waals surface area contributed by atoms with Gasteiger partial charge in [0.2, 0.25) is 5.95 Å². The molecular formula is C22H23FN4O. The smallest absolute Gasteiger partial charge is 0.261 e. The van der Waals surface area contributed by atoms with Crippen molar-refractivity contribution in [3.8, 4) is 0 Å². The molecule has 5 nitrogen and oxygen atoms in total. The Labute approximate surface area is 164 Å². The number of hydrogen-bond donors (Lipinski definition) is 1. The van der Waals surface area contributed by atoms with Crippen LogP contribution in [0.5, 0.6) is 0 Å². The van der Waals surface area contributed by atoms with Crippen LogP contribution in [0.25, 0.3) is 0 Å². The van der Waals surface area contributed by atoms with Gasteiger partial charge in [0.1, 0.15) is 5.82 Å². The minimum Gasteiger partial charge on any atom is -0.354 e. The highest BCUT2D eigenvalue weighted by Gasteiger charge is 2.17. The van der Waals surface area contributed by atoms with Crippen LogP contribution in [-0.4, -0.2) is 29.0 Å². The van der Waals surface area contributed by atoms with E-state index in [0.29, 0.717) is 24.6 Å². The second-order valence-corrected chi connectivity index (χ2v) is 6.49. The number of anilines is 2. The Kier molecular flexibility index (Phi) is 6.32. The summed E-state index contributed by atoms with van der Waals surface area (Å²) < 4.78 is 12.9. The number of rotatable bonds is 7. The molecule has 3 aromatic rings. The molecule has 0 radical (unpaired) electrons. The summed E-state index contributed by atoms with van der Waals surface area (Å²) in [4.78, 5) is 23.0. The Morgan fingerprint density at radius 3 is 2.46 bits per heavy atom. The fraction of sp³-hybridized carbons (Fsp3) is 0.227. The molecule has 144 valence electrons. The zero-order valence-electron chi connectivity index (χ0n) is 16.0. The first kappa shape index (κ1) is 19.5. The molecule has 1 amide bonds. The third kappa shape index (κ3) is 4.91. The van der Waals surface area contributed by atoms with E-state index in [1.165, 1.54) is 24.5 Å². The van der Waals surface area contributed by atoms with Crippen LogP contribution in [0.1, 0.15) is 28.4 Å². The fourth-order valence-electron chi connectivity index (χ4n) is 2.89. The van der Waals surface area contributed by atoms with Gasteiger partial charge >= 0.3 is 0 Å². The lowest BCUT2D eigenvalue weighted by atomic mass is 10.1. The van der Waals surface area contributed by atoms with E-state index < -0.39 is 0 Å². The number of aromatic nitrogens is 2. The summed E-state index contributed by atoms with van der Waals surface area (Å²) in [6.45, 7) is 5.10. The second kappa shape index (κ2) is 9.08. The molecule has 0 saturated carbocycles. The van der Waals surface area contributed by atoms with Crippen molar-refractivity contribution in [3.05, 3.63) is 83.4 Å². The van der Waals surface area contributed by atoms with Gasteiger partial charge in [0.25, 0.3) is 5.91 Å². The fourth-order valence-corrected chi connectivity index (χ4v) is 2.89. The van der Waals surface area contributed by atoms with Crippen molar-refractivity contribution in [1.29, 1.82) is 0 Å². The van der Waals surface area contributed by atoms with Gasteiger partial charge in [0, 0.05) is 31.2 Å². The average Bonchev–Trinajstić information content (AvgIpc) is 2.70. The molecule has 0 spiro atoms. The van der Waals surface area contributed by atoms with Gasteiger partial charge in [-0.3, -0.25) is 4.79 Å². The molecular weight excluding hydrogens is 355 g/mol. The Morgan fingerprint density at radius 2 is 1.82 bits per heavy atom. The van der Waals surface area contributed by atoms with Crippen molar-refractivity contribution in [1.82, 2.24) is 9.97 Å². The summed E-state index contributed by atoms with van der Waals surface area (Å²) in [6.07, 6.45) is 3.79. The molecule has 0 bridgehead atoms. The van der Waals surface area contributed by atoms with Gasteiger partial charge in [-0.15, -0.1) is 0 Å². The number of carbonyl (C=O) groups is 1. The van der Waals surface area contributed by atoms with E-state index >= 15 is 0 Å². The van der Waals surface area contributed by atoms with Crippen LogP contribution < -0.4 is 10.2 Å². The predicted molar refractivity (Wildman–Crippen MR) is 109 cm³/mol. The largest absolute Gasteiger partial charge is 0.354 e. The van der Waals surface area contributed by atoms with E-state index in [1.54, 1.807) is 17.0 Å². The topological polar surface area (TPSA) is 58.1 Å². The number of benzene rings is 2. The lowest BCUT2D eigenvalue weighted by Gasteiger charge is -2.21. The maximum absolute atomic E-state index is 12.9. The monoisotopic (exact) mass is 378 g/mol. The van der Waals surface area contributed by atoms with Crippen LogP contribution in [0.4, 0.5) is 16.0 Å². The number of halogens is 1. The van der Waals surface area contributed by atoms with Crippen LogP contribution in [0, 0.1) is 12.7 Å². The molecule has 0 atom stereocenters. The van der Waals surface area contributed by atoms with Crippen molar-refractivity contribution in [3.63, 3.8) is 0 Å². The molecule has 0 aliphatic rings. The first-order valence-corrected chi connectivity index (χ1v) is 9.25. The van der Waals surface area contributed by atoms with Gasteiger partial charge in [0.15, 0.2) is 0 Å². The highest BCUT2D eigenvalue weighted by molar-refractivity contribution is 6.05. The molecule has 1 N–H and O–H groups in total. The van der Waals surface area contributed by atoms with Crippen LogP contribution in [0.2, 0.25) is 0 Å². The maximum atomic E-state index is 12.9. The van der Waals surface area contributed by atoms with E-state index in [2.05, 4.69) is 15.3 Å². The third-order valence-corrected chi connectivity index (χ3v) is 4.38. The van der Waals surface area contributed by atoms with Crippen LogP contribution in [0.3, 0.4) is 0 Å². The summed E-state index contributed by atoms with van der Waals surface area (Å²) in [7, 11) is 0. The Bertz CT molecular complexity index is 926. The summed E-state index contributed by atoms with van der Waals surface area (Å²) in [5, 5.41) is 3.12. The zero-order valence-corrected chi connectivity index (χ0v) is 16.0. The minimum atomic E-state index is -0.243. The number of carbonyl (C=O) groups excluding carboxylic acids is 1. The first-order chi connectivity index (χ1) is 13.6. The molecule has 0 saturated heterocycles. The Balaban J connectivity index is 1.61. The van der Waals surface area contributed by atoms with Crippen LogP contribution in [-0.2, 0) is 6.42 Å². The minimum absolute atomic E-state index is 0.133. The first-order valence-electron chi connectivity index (χ1n) is 9.25. The van der Waals surface area contributed by atoms with Crippen molar-refractivity contribution >= 4 is 17.5 Å². The van der Waals surface area contributed by atoms with E-state index in [1.807, 2.05) is 38.1 Å². The standard InChI is InChI=1S/C22H23FN4O/c1-3-27(20-6-4-5-16(2)13-20)21(28)18-14-25-22(26-15-18)24-12-11-17-7-9-19(23)10-8-17/h4-10,13-15H,3,11-12H2,1-2H3,(H,24,25,26). The Morgan fingerprint density at radius 1 is 1.11 bits per heavy atom. The zero-order chi connectivity index (χ0) is 19.9. The van der Waals surface area contributed by atoms with Gasteiger partial charge in [0.05, 0.1) is 5.56 Å². The van der Waals surface area contributed by atoms with Crippen LogP contribution >= 0.6 is 0 Å². The van der Waals surface area contributed by atoms with Crippen molar-refractivity contribution in [2.45, 2.75) is 20.3 Å². The molecule has 0 unspecified atom stereocenters. The SMILES string of the molecule is CCN(C(=O)c1cnc(NCCc2ccc(F)cc2)nc1)c1cccc(C)c1. The molecule has 0 fully saturated rings. The Hall–Kier alpha value is -3.28. The normalized spacial score (nSPS) is 10.5. The second-order valence-electron chi connectivity index (χ2n) is 6.49.